The largest absolute Gasteiger partial charge is 0.353 e. The number of fused-ring (bicyclic) bond motifs is 5. The van der Waals surface area contributed by atoms with Gasteiger partial charge in [0.2, 0.25) is 5.91 Å². The van der Waals surface area contributed by atoms with Crippen LogP contribution in [0.3, 0.4) is 0 Å². The number of rotatable bonds is 4. The molecule has 0 aromatic rings. The summed E-state index contributed by atoms with van der Waals surface area (Å²) >= 11 is 0. The van der Waals surface area contributed by atoms with E-state index in [2.05, 4.69) is 39.2 Å². The summed E-state index contributed by atoms with van der Waals surface area (Å²) in [5, 5.41) is 3.39. The predicted octanol–water partition coefficient (Wildman–Crippen LogP) is 6.39. The van der Waals surface area contributed by atoms with Crippen molar-refractivity contribution in [1.29, 1.82) is 0 Å². The Hall–Kier alpha value is -0.313. The van der Waals surface area contributed by atoms with Gasteiger partial charge in [0.05, 0.1) is 8.07 Å². The maximum atomic E-state index is 12.0. The van der Waals surface area contributed by atoms with Gasteiger partial charge in [0.15, 0.2) is 0 Å². The molecule has 4 fully saturated rings. The van der Waals surface area contributed by atoms with E-state index in [0.29, 0.717) is 22.8 Å². The average Bonchev–Trinajstić information content (AvgIpc) is 2.99. The highest BCUT2D eigenvalue weighted by molar-refractivity contribution is 6.79. The Balaban J connectivity index is 1.56. The summed E-state index contributed by atoms with van der Waals surface area (Å²) in [6.45, 7) is 13.0. The van der Waals surface area contributed by atoms with Gasteiger partial charge in [0, 0.05) is 12.5 Å². The molecule has 1 aliphatic heterocycles. The van der Waals surface area contributed by atoms with Crippen molar-refractivity contribution < 1.29 is 4.79 Å². The molecule has 4 rings (SSSR count). The molecule has 2 unspecified atom stereocenters. The summed E-state index contributed by atoms with van der Waals surface area (Å²) < 4.78 is 0. The number of amides is 1. The first-order valence-corrected chi connectivity index (χ1v) is 15.3. The summed E-state index contributed by atoms with van der Waals surface area (Å²) in [5.41, 5.74) is 2.02. The van der Waals surface area contributed by atoms with Crippen molar-refractivity contribution in [3.05, 3.63) is 0 Å². The van der Waals surface area contributed by atoms with Crippen LogP contribution in [0.5, 0.6) is 0 Å². The van der Waals surface area contributed by atoms with Gasteiger partial charge in [0.25, 0.3) is 0 Å². The van der Waals surface area contributed by atoms with Crippen molar-refractivity contribution >= 4 is 14.0 Å². The first-order chi connectivity index (χ1) is 12.7. The van der Waals surface area contributed by atoms with Crippen molar-refractivity contribution in [3.63, 3.8) is 0 Å². The number of nitrogens with one attached hydrogen (secondary N) is 1. The second kappa shape index (κ2) is 6.88. The SMILES string of the molecule is CCCC[Si](C)(C)C1CC[C@H]2[C@@H]3CCC4NC(=O)CC[C@]4(C)[C@@H]3CC[C@]12C. The lowest BCUT2D eigenvalue weighted by Crippen LogP contribution is -2.61. The maximum Gasteiger partial charge on any atom is 0.220 e. The third kappa shape index (κ3) is 3.05. The summed E-state index contributed by atoms with van der Waals surface area (Å²) in [6.07, 6.45) is 13.2. The molecule has 154 valence electrons. The molecule has 1 amide bonds. The van der Waals surface area contributed by atoms with Crippen molar-refractivity contribution in [1.82, 2.24) is 5.32 Å². The minimum Gasteiger partial charge on any atom is -0.353 e. The predicted molar refractivity (Wildman–Crippen MR) is 116 cm³/mol. The zero-order valence-corrected chi connectivity index (χ0v) is 19.6. The summed E-state index contributed by atoms with van der Waals surface area (Å²) in [6, 6.07) is 1.99. The normalized spacial score (nSPS) is 47.0. The van der Waals surface area contributed by atoms with E-state index in [4.69, 9.17) is 0 Å². The second-order valence-corrected chi connectivity index (χ2v) is 17.0. The lowest BCUT2D eigenvalue weighted by molar-refractivity contribution is -0.135. The Morgan fingerprint density at radius 1 is 1.00 bits per heavy atom. The summed E-state index contributed by atoms with van der Waals surface area (Å²) in [5.74, 6) is 3.06. The third-order valence-corrected chi connectivity index (χ3v) is 14.7. The van der Waals surface area contributed by atoms with Crippen LogP contribution in [-0.2, 0) is 4.79 Å². The van der Waals surface area contributed by atoms with Crippen LogP contribution in [0.2, 0.25) is 24.7 Å². The van der Waals surface area contributed by atoms with E-state index in [1.165, 1.54) is 57.4 Å². The number of hydrogen-bond acceptors (Lipinski definition) is 1. The molecule has 0 aromatic carbocycles. The molecule has 4 aliphatic rings. The highest BCUT2D eigenvalue weighted by atomic mass is 28.3. The van der Waals surface area contributed by atoms with Crippen LogP contribution >= 0.6 is 0 Å². The van der Waals surface area contributed by atoms with Gasteiger partial charge in [-0.2, -0.15) is 0 Å². The lowest BCUT2D eigenvalue weighted by Gasteiger charge is -2.61. The van der Waals surface area contributed by atoms with Gasteiger partial charge in [0.1, 0.15) is 0 Å². The molecule has 7 atom stereocenters. The average molecular weight is 390 g/mol. The number of carbonyl (C=O) groups excluding carboxylic acids is 1. The second-order valence-electron chi connectivity index (χ2n) is 11.8. The molecule has 2 nitrogen and oxygen atoms in total. The van der Waals surface area contributed by atoms with Gasteiger partial charge in [-0.25, -0.2) is 0 Å². The Morgan fingerprint density at radius 2 is 1.74 bits per heavy atom. The first kappa shape index (κ1) is 20.0. The maximum absolute atomic E-state index is 12.0. The molecule has 0 spiro atoms. The van der Waals surface area contributed by atoms with Crippen LogP contribution < -0.4 is 5.32 Å². The van der Waals surface area contributed by atoms with Crippen LogP contribution in [-0.4, -0.2) is 20.0 Å². The van der Waals surface area contributed by atoms with Crippen LogP contribution in [0.25, 0.3) is 0 Å². The first-order valence-electron chi connectivity index (χ1n) is 12.0. The van der Waals surface area contributed by atoms with Crippen molar-refractivity contribution in [3.8, 4) is 0 Å². The highest BCUT2D eigenvalue weighted by Gasteiger charge is 2.62. The van der Waals surface area contributed by atoms with E-state index >= 15 is 0 Å². The van der Waals surface area contributed by atoms with E-state index in [-0.39, 0.29) is 0 Å². The molecule has 3 heteroatoms. The number of piperidine rings is 1. The van der Waals surface area contributed by atoms with Crippen molar-refractivity contribution in [2.45, 2.75) is 116 Å². The third-order valence-electron chi connectivity index (χ3n) is 10.2. The minimum atomic E-state index is -1.15. The molecule has 1 saturated heterocycles. The van der Waals surface area contributed by atoms with Crippen molar-refractivity contribution in [2.24, 2.45) is 28.6 Å². The Labute approximate surface area is 168 Å². The number of carbonyl (C=O) groups is 1. The van der Waals surface area contributed by atoms with Crippen LogP contribution in [0.4, 0.5) is 0 Å². The van der Waals surface area contributed by atoms with E-state index in [1.807, 2.05) is 0 Å². The van der Waals surface area contributed by atoms with Gasteiger partial charge in [-0.15, -0.1) is 0 Å². The fourth-order valence-corrected chi connectivity index (χ4v) is 13.5. The van der Waals surface area contributed by atoms with Gasteiger partial charge < -0.3 is 5.32 Å². The van der Waals surface area contributed by atoms with Crippen LogP contribution in [0.1, 0.15) is 85.0 Å². The van der Waals surface area contributed by atoms with Gasteiger partial charge in [-0.1, -0.05) is 59.2 Å². The summed E-state index contributed by atoms with van der Waals surface area (Å²) in [4.78, 5) is 12.0. The molecule has 27 heavy (non-hydrogen) atoms. The lowest BCUT2D eigenvalue weighted by atomic mass is 9.48. The fraction of sp³-hybridized carbons (Fsp3) is 0.958. The quantitative estimate of drug-likeness (QED) is 0.555. The van der Waals surface area contributed by atoms with Gasteiger partial charge in [-0.3, -0.25) is 4.79 Å². The summed E-state index contributed by atoms with van der Waals surface area (Å²) in [7, 11) is -1.15. The number of unbranched alkanes of at least 4 members (excludes halogenated alkanes) is 1. The van der Waals surface area contributed by atoms with E-state index < -0.39 is 8.07 Å². The molecule has 1 heterocycles. The Kier molecular flexibility index (Phi) is 5.09. The zero-order valence-electron chi connectivity index (χ0n) is 18.6. The monoisotopic (exact) mass is 389 g/mol. The van der Waals surface area contributed by atoms with E-state index in [0.717, 1.165) is 36.1 Å². The van der Waals surface area contributed by atoms with Crippen molar-refractivity contribution in [2.75, 3.05) is 0 Å². The molecular weight excluding hydrogens is 346 g/mol. The Morgan fingerprint density at radius 3 is 2.48 bits per heavy atom. The molecule has 0 radical (unpaired) electrons. The minimum absolute atomic E-state index is 0.307. The Bertz CT molecular complexity index is 589. The van der Waals surface area contributed by atoms with E-state index in [1.54, 1.807) is 0 Å². The smallest absolute Gasteiger partial charge is 0.220 e. The van der Waals surface area contributed by atoms with Gasteiger partial charge >= 0.3 is 0 Å². The topological polar surface area (TPSA) is 29.1 Å². The molecule has 1 N–H and O–H groups in total. The number of hydrogen-bond donors (Lipinski definition) is 1. The molecule has 0 bridgehead atoms. The van der Waals surface area contributed by atoms with Gasteiger partial charge in [-0.05, 0) is 72.6 Å². The molecule has 3 aliphatic carbocycles. The van der Waals surface area contributed by atoms with E-state index in [9.17, 15) is 4.79 Å². The van der Waals surface area contributed by atoms with Crippen LogP contribution in [0, 0.1) is 28.6 Å². The molecule has 0 aromatic heterocycles. The fourth-order valence-electron chi connectivity index (χ4n) is 8.79. The molecular formula is C24H43NOSi. The standard InChI is InChI=1S/C24H43NOSi/c1-6-7-16-27(4,5)21-11-9-18-17-8-10-20-23(2,15-13-22(26)25-20)19(17)12-14-24(18,21)3/h17-21H,6-16H2,1-5H3,(H,25,26)/t17-,18-,19+,20?,21?,23+,24-/m0/s1. The highest BCUT2D eigenvalue weighted by Crippen LogP contribution is 2.69. The van der Waals surface area contributed by atoms with Crippen LogP contribution in [0.15, 0.2) is 0 Å². The molecule has 3 saturated carbocycles. The zero-order chi connectivity index (χ0) is 19.4.